The zero-order valence-electron chi connectivity index (χ0n) is 24.2. The number of benzene rings is 3. The van der Waals surface area contributed by atoms with E-state index >= 15 is 4.39 Å². The van der Waals surface area contributed by atoms with Gasteiger partial charge in [-0.05, 0) is 67.8 Å². The Morgan fingerprint density at radius 2 is 1.68 bits per heavy atom. The summed E-state index contributed by atoms with van der Waals surface area (Å²) in [7, 11) is 0. The summed E-state index contributed by atoms with van der Waals surface area (Å²) in [6, 6.07) is 23.2. The number of benzodiazepines with no additional fused rings is 1. The van der Waals surface area contributed by atoms with Crippen LogP contribution in [0.1, 0.15) is 45.6 Å². The number of pyridine rings is 1. The van der Waals surface area contributed by atoms with Gasteiger partial charge in [0, 0.05) is 36.1 Å². The molecule has 1 unspecified atom stereocenters. The average molecular weight is 591 g/mol. The molecule has 0 aliphatic carbocycles. The fraction of sp³-hybridized carbons (Fsp3) is 0.206. The van der Waals surface area contributed by atoms with Gasteiger partial charge in [-0.15, -0.1) is 0 Å². The first-order valence-corrected chi connectivity index (χ1v) is 14.5. The highest BCUT2D eigenvalue weighted by Gasteiger charge is 2.35. The lowest BCUT2D eigenvalue weighted by atomic mass is 9.99. The number of para-hydroxylation sites is 1. The van der Waals surface area contributed by atoms with Crippen molar-refractivity contribution in [3.05, 3.63) is 125 Å². The maximum absolute atomic E-state index is 15.2. The topological polar surface area (TPSA) is 107 Å². The number of carbonyl (C=O) groups excluding carboxylic acids is 3. The van der Waals surface area contributed by atoms with E-state index in [1.54, 1.807) is 77.8 Å². The van der Waals surface area contributed by atoms with E-state index in [1.807, 2.05) is 19.1 Å². The van der Waals surface area contributed by atoms with E-state index in [0.29, 0.717) is 41.3 Å². The average Bonchev–Trinajstić information content (AvgIpc) is 3.54. The Kier molecular flexibility index (Phi) is 8.14. The first-order chi connectivity index (χ1) is 21.4. The van der Waals surface area contributed by atoms with Crippen LogP contribution in [0.15, 0.2) is 96.1 Å². The number of urea groups is 1. The fourth-order valence-electron chi connectivity index (χ4n) is 5.57. The molecule has 3 aromatic carbocycles. The molecular weight excluding hydrogens is 559 g/mol. The van der Waals surface area contributed by atoms with Gasteiger partial charge in [-0.25, -0.2) is 14.2 Å². The van der Waals surface area contributed by atoms with Crippen molar-refractivity contribution in [2.45, 2.75) is 32.5 Å². The maximum Gasteiger partial charge on any atom is 0.321 e. The number of hydrogen-bond donors (Lipinski definition) is 2. The molecule has 222 valence electrons. The molecule has 6 rings (SSSR count). The van der Waals surface area contributed by atoms with Gasteiger partial charge in [-0.3, -0.25) is 14.6 Å². The summed E-state index contributed by atoms with van der Waals surface area (Å²) in [5, 5.41) is 5.43. The van der Waals surface area contributed by atoms with E-state index in [4.69, 9.17) is 0 Å². The molecule has 9 nitrogen and oxygen atoms in total. The van der Waals surface area contributed by atoms with E-state index in [0.717, 1.165) is 18.4 Å². The number of halogens is 1. The summed E-state index contributed by atoms with van der Waals surface area (Å²) in [6.45, 7) is 3.17. The molecule has 2 aliphatic rings. The molecule has 3 heterocycles. The van der Waals surface area contributed by atoms with Crippen LogP contribution in [-0.4, -0.2) is 52.7 Å². The number of hydrogen-bond acceptors (Lipinski definition) is 5. The van der Waals surface area contributed by atoms with Gasteiger partial charge < -0.3 is 20.4 Å². The van der Waals surface area contributed by atoms with E-state index < -0.39 is 23.9 Å². The van der Waals surface area contributed by atoms with Crippen LogP contribution < -0.4 is 15.5 Å². The maximum atomic E-state index is 15.2. The Morgan fingerprint density at radius 3 is 2.45 bits per heavy atom. The molecular formula is C34H31FN6O3. The summed E-state index contributed by atoms with van der Waals surface area (Å²) >= 11 is 0. The first-order valence-electron chi connectivity index (χ1n) is 14.5. The minimum absolute atomic E-state index is 0.0661. The number of nitrogens with zero attached hydrogens (tertiary/aromatic N) is 4. The van der Waals surface area contributed by atoms with E-state index in [1.165, 1.54) is 11.0 Å². The van der Waals surface area contributed by atoms with Crippen molar-refractivity contribution in [3.8, 4) is 0 Å². The largest absolute Gasteiger partial charge is 0.339 e. The Balaban J connectivity index is 1.41. The second-order valence-electron chi connectivity index (χ2n) is 10.8. The lowest BCUT2D eigenvalue weighted by Crippen LogP contribution is -2.48. The highest BCUT2D eigenvalue weighted by Crippen LogP contribution is 2.31. The Morgan fingerprint density at radius 1 is 0.932 bits per heavy atom. The number of aryl methyl sites for hydroxylation is 1. The smallest absolute Gasteiger partial charge is 0.321 e. The van der Waals surface area contributed by atoms with E-state index in [9.17, 15) is 14.4 Å². The highest BCUT2D eigenvalue weighted by atomic mass is 19.1. The quantitative estimate of drug-likeness (QED) is 0.318. The van der Waals surface area contributed by atoms with Gasteiger partial charge in [0.25, 0.3) is 11.8 Å². The summed E-state index contributed by atoms with van der Waals surface area (Å²) in [5.74, 6) is -1.22. The number of anilines is 2. The van der Waals surface area contributed by atoms with Crippen LogP contribution in [-0.2, 0) is 11.3 Å². The number of rotatable bonds is 6. The summed E-state index contributed by atoms with van der Waals surface area (Å²) in [4.78, 5) is 53.3. The zero-order valence-corrected chi connectivity index (χ0v) is 24.2. The van der Waals surface area contributed by atoms with Crippen LogP contribution in [0.3, 0.4) is 0 Å². The van der Waals surface area contributed by atoms with Crippen molar-refractivity contribution in [3.63, 3.8) is 0 Å². The van der Waals surface area contributed by atoms with Crippen molar-refractivity contribution >= 4 is 34.9 Å². The van der Waals surface area contributed by atoms with Gasteiger partial charge in [0.05, 0.1) is 29.2 Å². The third kappa shape index (κ3) is 5.92. The number of carbonyl (C=O) groups is 3. The second kappa shape index (κ2) is 12.5. The number of aromatic nitrogens is 1. The Labute approximate surface area is 254 Å². The zero-order chi connectivity index (χ0) is 30.6. The highest BCUT2D eigenvalue weighted by molar-refractivity contribution is 6.20. The lowest BCUT2D eigenvalue weighted by Gasteiger charge is -2.26. The molecule has 1 fully saturated rings. The van der Waals surface area contributed by atoms with E-state index in [-0.39, 0.29) is 23.7 Å². The number of aliphatic imine (C=N–C) groups is 1. The molecule has 0 bridgehead atoms. The van der Waals surface area contributed by atoms with Crippen LogP contribution in [0.25, 0.3) is 0 Å². The molecule has 0 saturated carbocycles. The molecule has 4 amide bonds. The number of nitrogens with one attached hydrogen (secondary N) is 2. The number of likely N-dealkylation sites (tertiary alicyclic amines) is 1. The summed E-state index contributed by atoms with van der Waals surface area (Å²) in [5.41, 5.74) is 3.65. The van der Waals surface area contributed by atoms with Crippen LogP contribution >= 0.6 is 0 Å². The van der Waals surface area contributed by atoms with Gasteiger partial charge >= 0.3 is 6.03 Å². The lowest BCUT2D eigenvalue weighted by molar-refractivity contribution is -0.120. The molecule has 4 aromatic rings. The molecule has 0 radical (unpaired) electrons. The minimum Gasteiger partial charge on any atom is -0.339 e. The van der Waals surface area contributed by atoms with Crippen LogP contribution in [0.4, 0.5) is 20.6 Å². The molecule has 2 N–H and O–H groups in total. The third-order valence-corrected chi connectivity index (χ3v) is 7.70. The van der Waals surface area contributed by atoms with Gasteiger partial charge in [-0.1, -0.05) is 42.5 Å². The van der Waals surface area contributed by atoms with Crippen molar-refractivity contribution in [2.24, 2.45) is 4.99 Å². The van der Waals surface area contributed by atoms with Gasteiger partial charge in [0.2, 0.25) is 6.17 Å². The van der Waals surface area contributed by atoms with E-state index in [2.05, 4.69) is 20.6 Å². The summed E-state index contributed by atoms with van der Waals surface area (Å²) in [6.07, 6.45) is 2.04. The van der Waals surface area contributed by atoms with Crippen LogP contribution in [0.2, 0.25) is 0 Å². The van der Waals surface area contributed by atoms with Crippen molar-refractivity contribution in [2.75, 3.05) is 23.3 Å². The number of fused-ring (bicyclic) bond motifs is 1. The monoisotopic (exact) mass is 590 g/mol. The predicted molar refractivity (Wildman–Crippen MR) is 166 cm³/mol. The fourth-order valence-corrected chi connectivity index (χ4v) is 5.57. The number of amides is 4. The van der Waals surface area contributed by atoms with Crippen molar-refractivity contribution in [1.82, 2.24) is 15.2 Å². The Hall–Kier alpha value is -5.38. The molecule has 1 atom stereocenters. The van der Waals surface area contributed by atoms with Crippen LogP contribution in [0, 0.1) is 12.7 Å². The Bertz CT molecular complexity index is 1770. The second-order valence-corrected chi connectivity index (χ2v) is 10.8. The van der Waals surface area contributed by atoms with Gasteiger partial charge in [-0.2, -0.15) is 0 Å². The van der Waals surface area contributed by atoms with Crippen molar-refractivity contribution in [1.29, 1.82) is 0 Å². The molecule has 2 aliphatic heterocycles. The predicted octanol–water partition coefficient (Wildman–Crippen LogP) is 5.30. The molecule has 10 heteroatoms. The molecule has 44 heavy (non-hydrogen) atoms. The SMILES string of the molecule is Cc1cccc(NC(=O)NC2N=C(c3ccccc3F)c3ccccc3N(Cc3ncccc3C(=O)N3CCCC3)C2=O)c1. The van der Waals surface area contributed by atoms with Crippen molar-refractivity contribution < 1.29 is 18.8 Å². The normalized spacial score (nSPS) is 16.2. The van der Waals surface area contributed by atoms with Crippen LogP contribution in [0.5, 0.6) is 0 Å². The van der Waals surface area contributed by atoms with Gasteiger partial charge in [0.15, 0.2) is 0 Å². The molecule has 0 spiro atoms. The summed E-state index contributed by atoms with van der Waals surface area (Å²) < 4.78 is 15.2. The van der Waals surface area contributed by atoms with Gasteiger partial charge in [0.1, 0.15) is 5.82 Å². The standard InChI is InChI=1S/C34H31FN6O3/c1-22-10-8-11-23(20-22)37-34(44)39-31-33(43)41(21-28-25(14-9-17-36-28)32(42)40-18-6-7-19-40)29-16-5-3-13-26(29)30(38-31)24-12-2-4-15-27(24)35/h2-5,8-17,20,31H,6-7,18-19,21H2,1H3,(H2,37,39,44). The first kappa shape index (κ1) is 28.7. The minimum atomic E-state index is -1.41. The molecule has 1 aromatic heterocycles. The third-order valence-electron chi connectivity index (χ3n) is 7.70. The molecule has 1 saturated heterocycles.